The molecule has 25 heteroatoms. The number of benzene rings is 3. The van der Waals surface area contributed by atoms with Crippen molar-refractivity contribution in [3.8, 4) is 28.7 Å². The number of para-hydroxylation sites is 1. The van der Waals surface area contributed by atoms with Crippen LogP contribution < -0.4 is 77.3 Å². The fraction of sp³-hybridized carbons (Fsp3) is 0.685. The Labute approximate surface area is 682 Å². The van der Waals surface area contributed by atoms with Crippen molar-refractivity contribution in [2.45, 2.75) is 324 Å². The van der Waals surface area contributed by atoms with Crippen LogP contribution in [0.25, 0.3) is 0 Å². The zero-order valence-corrected chi connectivity index (χ0v) is 70.8. The lowest BCUT2D eigenvalue weighted by molar-refractivity contribution is -0.124. The van der Waals surface area contributed by atoms with E-state index in [4.69, 9.17) is 23.7 Å². The molecule has 3 aromatic rings. The van der Waals surface area contributed by atoms with Crippen molar-refractivity contribution >= 4 is 59.1 Å². The van der Waals surface area contributed by atoms with Crippen LogP contribution in [0, 0.1) is 0 Å². The van der Waals surface area contributed by atoms with Gasteiger partial charge in [0.05, 0.1) is 40.5 Å². The highest BCUT2D eigenvalue weighted by Crippen LogP contribution is 2.33. The van der Waals surface area contributed by atoms with Gasteiger partial charge >= 0.3 is 0 Å². The molecule has 0 aliphatic rings. The summed E-state index contributed by atoms with van der Waals surface area (Å²) in [6, 6.07) is 8.87. The minimum Gasteiger partial charge on any atom is -0.495 e. The molecule has 0 fully saturated rings. The number of carbonyl (C=O) groups excluding carboxylic acids is 10. The topological polar surface area (TPSA) is 337 Å². The maximum absolute atomic E-state index is 14.5. The van der Waals surface area contributed by atoms with E-state index >= 15 is 0 Å². The van der Waals surface area contributed by atoms with Crippen LogP contribution in [0.1, 0.15) is 386 Å². The number of nitrogens with one attached hydrogen (secondary N) is 10. The Morgan fingerprint density at radius 3 is 0.667 bits per heavy atom. The third-order valence-electron chi connectivity index (χ3n) is 19.9. The van der Waals surface area contributed by atoms with Crippen LogP contribution in [0.15, 0.2) is 42.5 Å². The van der Waals surface area contributed by atoms with Gasteiger partial charge in [0.2, 0.25) is 0 Å². The van der Waals surface area contributed by atoms with Crippen LogP contribution in [0.4, 0.5) is 0 Å². The first-order chi connectivity index (χ1) is 55.6. The molecule has 0 aromatic heterocycles. The Hall–Kier alpha value is -8.64. The normalized spacial score (nSPS) is 10.9. The van der Waals surface area contributed by atoms with Crippen molar-refractivity contribution < 1.29 is 71.6 Å². The average Bonchev–Trinajstić information content (AvgIpc) is 0.806. The largest absolute Gasteiger partial charge is 0.495 e. The number of amides is 10. The second-order valence-electron chi connectivity index (χ2n) is 29.9. The maximum Gasteiger partial charge on any atom is 0.273 e. The minimum absolute atomic E-state index is 0.108. The van der Waals surface area contributed by atoms with Crippen molar-refractivity contribution in [1.82, 2.24) is 53.6 Å². The molecule has 0 atom stereocenters. The molecule has 642 valence electrons. The lowest BCUT2D eigenvalue weighted by atomic mass is 10.1. The summed E-state index contributed by atoms with van der Waals surface area (Å²) in [4.78, 5) is 139. The first-order valence-corrected chi connectivity index (χ1v) is 44.0. The fourth-order valence-corrected chi connectivity index (χ4v) is 13.0. The molecular formula is C89H146N10O15. The lowest BCUT2D eigenvalue weighted by Gasteiger charge is -2.18. The van der Waals surface area contributed by atoms with E-state index in [-0.39, 0.29) is 75.2 Å². The molecule has 25 nitrogen and oxygen atoms in total. The number of ether oxygens (including phenoxy) is 5. The van der Waals surface area contributed by atoms with E-state index in [0.29, 0.717) is 39.0 Å². The highest BCUT2D eigenvalue weighted by molar-refractivity contribution is 6.08. The van der Waals surface area contributed by atoms with Crippen molar-refractivity contribution in [2.75, 3.05) is 72.8 Å². The molecule has 10 N–H and O–H groups in total. The van der Waals surface area contributed by atoms with E-state index in [1.165, 1.54) is 204 Å². The highest BCUT2D eigenvalue weighted by Gasteiger charge is 2.28. The summed E-state index contributed by atoms with van der Waals surface area (Å²) in [7, 11) is 1.20. The molecular weight excluding hydrogens is 1450 g/mol. The smallest absolute Gasteiger partial charge is 0.273 e. The van der Waals surface area contributed by atoms with Crippen molar-refractivity contribution in [3.05, 3.63) is 75.8 Å². The van der Waals surface area contributed by atoms with Gasteiger partial charge in [0, 0.05) is 51.4 Å². The van der Waals surface area contributed by atoms with Gasteiger partial charge < -0.3 is 55.6 Å². The van der Waals surface area contributed by atoms with Crippen molar-refractivity contribution in [2.24, 2.45) is 0 Å². The second-order valence-corrected chi connectivity index (χ2v) is 29.9. The monoisotopic (exact) mass is 1600 g/mol. The van der Waals surface area contributed by atoms with E-state index < -0.39 is 85.5 Å². The van der Waals surface area contributed by atoms with Crippen LogP contribution in [0.2, 0.25) is 0 Å². The van der Waals surface area contributed by atoms with Crippen molar-refractivity contribution in [3.63, 3.8) is 0 Å². The van der Waals surface area contributed by atoms with E-state index in [0.717, 1.165) is 116 Å². The quantitative estimate of drug-likeness (QED) is 0.0185. The molecule has 0 saturated carbocycles. The van der Waals surface area contributed by atoms with Gasteiger partial charge in [-0.3, -0.25) is 69.6 Å². The molecule has 0 spiro atoms. The van der Waals surface area contributed by atoms with Crippen LogP contribution in [0.5, 0.6) is 28.7 Å². The van der Waals surface area contributed by atoms with Crippen LogP contribution >= 0.6 is 0 Å². The summed E-state index contributed by atoms with van der Waals surface area (Å²) < 4.78 is 29.8. The molecule has 0 heterocycles. The van der Waals surface area contributed by atoms with Gasteiger partial charge in [-0.15, -0.1) is 0 Å². The summed E-state index contributed by atoms with van der Waals surface area (Å²) >= 11 is 0. The van der Waals surface area contributed by atoms with Gasteiger partial charge in [-0.1, -0.05) is 292 Å². The van der Waals surface area contributed by atoms with Gasteiger partial charge in [0.15, 0.2) is 26.4 Å². The SMILES string of the molecule is CCCCCCCCCCCCNC(=O)COc1cc(OCC(=O)NCCCCCCCCCCCC)c(C(=O)NNC(=O)c2cccc(C(=O)NNC(=O)c3cc(C(=O)NCCCC)c(OCC(=O)NCCCCCCCCCCCC)cc3OCC(=O)NCCCCCCCCCCCC)c2OC)cc1C(=O)NCCCC. The van der Waals surface area contributed by atoms with E-state index in [1.54, 1.807) is 0 Å². The van der Waals surface area contributed by atoms with Crippen molar-refractivity contribution in [1.29, 1.82) is 0 Å². The molecule has 0 bridgehead atoms. The molecule has 0 aliphatic heterocycles. The third kappa shape index (κ3) is 44.9. The zero-order chi connectivity index (χ0) is 82.9. The predicted octanol–water partition coefficient (Wildman–Crippen LogP) is 16.6. The standard InChI is InChI=1S/C89H146N10O15/c1-8-14-20-24-28-32-36-40-44-48-57-90-79(100)65-111-75-63-77(113-67-81(102)92-59-50-46-42-38-34-30-26-22-16-10-3)73(61-71(75)84(104)94-55-18-12-5)88(108)98-96-86(106)69-53-52-54-70(83(69)110-7)87(107)97-99-89(109)74-62-72(85(105)95-56-19-13-6)76(112-66-80(101)91-58-49-45-41-37-33-29-25-21-15-9-2)64-78(74)114-68-82(103)93-60-51-47-43-39-35-31-27-23-17-11-4/h52-54,61-64H,8-51,55-60,65-68H2,1-7H3,(H,90,100)(H,91,101)(H,92,102)(H,93,103)(H,94,104)(H,95,105)(H,96,106)(H,97,107)(H,98,108)(H,99,109). The fourth-order valence-electron chi connectivity index (χ4n) is 13.0. The summed E-state index contributed by atoms with van der Waals surface area (Å²) in [5, 5.41) is 17.2. The third-order valence-corrected chi connectivity index (χ3v) is 19.9. The van der Waals surface area contributed by atoms with Gasteiger partial charge in [0.1, 0.15) is 28.7 Å². The number of hydrazine groups is 2. The first-order valence-electron chi connectivity index (χ1n) is 44.0. The van der Waals surface area contributed by atoms with Gasteiger partial charge in [0.25, 0.3) is 59.1 Å². The average molecular weight is 1600 g/mol. The predicted molar refractivity (Wildman–Crippen MR) is 452 cm³/mol. The Morgan fingerprint density at radius 2 is 0.439 bits per heavy atom. The summed E-state index contributed by atoms with van der Waals surface area (Å²) in [5.74, 6) is -8.02. The summed E-state index contributed by atoms with van der Waals surface area (Å²) in [6.45, 7) is 12.9. The van der Waals surface area contributed by atoms with Crippen LogP contribution in [0.3, 0.4) is 0 Å². The van der Waals surface area contributed by atoms with E-state index in [9.17, 15) is 47.9 Å². The number of methoxy groups -OCH3 is 1. The van der Waals surface area contributed by atoms with Gasteiger partial charge in [-0.25, -0.2) is 0 Å². The molecule has 3 rings (SSSR count). The van der Waals surface area contributed by atoms with Crippen LogP contribution in [-0.4, -0.2) is 132 Å². The lowest BCUT2D eigenvalue weighted by Crippen LogP contribution is -2.43. The molecule has 0 unspecified atom stereocenters. The number of hydrogen-bond acceptors (Lipinski definition) is 15. The number of unbranched alkanes of at least 4 members (excludes halogenated alkanes) is 38. The molecule has 3 aromatic carbocycles. The number of rotatable bonds is 69. The first kappa shape index (κ1) is 99.6. The molecule has 114 heavy (non-hydrogen) atoms. The van der Waals surface area contributed by atoms with E-state index in [2.05, 4.69) is 81.3 Å². The summed E-state index contributed by atoms with van der Waals surface area (Å²) in [5.41, 5.74) is 8.00. The van der Waals surface area contributed by atoms with Gasteiger partial charge in [-0.2, -0.15) is 0 Å². The van der Waals surface area contributed by atoms with E-state index in [1.807, 2.05) is 13.8 Å². The molecule has 10 amide bonds. The highest BCUT2D eigenvalue weighted by atomic mass is 16.5. The zero-order valence-electron chi connectivity index (χ0n) is 70.8. The second kappa shape index (κ2) is 65.6. The van der Waals surface area contributed by atoms with Crippen LogP contribution in [-0.2, 0) is 19.2 Å². The molecule has 0 radical (unpaired) electrons. The summed E-state index contributed by atoms with van der Waals surface area (Å²) in [6.07, 6.45) is 48.0. The Bertz CT molecular complexity index is 3040. The number of carbonyl (C=O) groups is 10. The van der Waals surface area contributed by atoms with Gasteiger partial charge in [-0.05, 0) is 62.8 Å². The maximum atomic E-state index is 14.5. The Morgan fingerprint density at radius 1 is 0.237 bits per heavy atom. The Kier molecular flexibility index (Phi) is 57.3. The molecule has 0 aliphatic carbocycles. The Balaban J connectivity index is 1.91. The molecule has 0 saturated heterocycles. The number of hydrogen-bond donors (Lipinski definition) is 10. The minimum atomic E-state index is -1.00.